The van der Waals surface area contributed by atoms with Crippen molar-refractivity contribution in [1.29, 1.82) is 0 Å². The van der Waals surface area contributed by atoms with E-state index in [1.165, 1.54) is 0 Å². The molecule has 0 radical (unpaired) electrons. The Kier molecular flexibility index (Phi) is 4.67. The maximum absolute atomic E-state index is 9.34. The van der Waals surface area contributed by atoms with E-state index in [2.05, 4.69) is 6.92 Å². The molecule has 19 heavy (non-hydrogen) atoms. The summed E-state index contributed by atoms with van der Waals surface area (Å²) in [4.78, 5) is 5.89. The lowest BCUT2D eigenvalue weighted by Crippen LogP contribution is -2.28. The molecule has 0 unspecified atom stereocenters. The molecule has 2 aromatic carbocycles. The van der Waals surface area contributed by atoms with E-state index in [9.17, 15) is 5.11 Å². The van der Waals surface area contributed by atoms with Crippen LogP contribution in [0.15, 0.2) is 54.6 Å². The molecule has 3 nitrogen and oxygen atoms in total. The van der Waals surface area contributed by atoms with Crippen LogP contribution in [0, 0.1) is 0 Å². The van der Waals surface area contributed by atoms with E-state index in [4.69, 9.17) is 4.84 Å². The van der Waals surface area contributed by atoms with Crippen LogP contribution in [0.1, 0.15) is 19.8 Å². The molecule has 2 rings (SSSR count). The molecular weight excluding hydrogens is 238 g/mol. The third-order valence-electron chi connectivity index (χ3n) is 2.81. The normalized spacial score (nSPS) is 10.2. The molecule has 0 aliphatic rings. The molecule has 0 saturated heterocycles. The van der Waals surface area contributed by atoms with Crippen molar-refractivity contribution >= 4 is 5.69 Å². The number of phenols is 1. The van der Waals surface area contributed by atoms with E-state index in [-0.39, 0.29) is 5.75 Å². The van der Waals surface area contributed by atoms with Gasteiger partial charge in [0, 0.05) is 0 Å². The SMILES string of the molecule is CCCCN(Oc1ccccc1)c1ccc(O)cc1. The van der Waals surface area contributed by atoms with Crippen molar-refractivity contribution in [3.63, 3.8) is 0 Å². The van der Waals surface area contributed by atoms with Crippen molar-refractivity contribution in [1.82, 2.24) is 0 Å². The monoisotopic (exact) mass is 257 g/mol. The number of anilines is 1. The third kappa shape index (κ3) is 3.91. The molecule has 0 heterocycles. The molecule has 2 aromatic rings. The lowest BCUT2D eigenvalue weighted by Gasteiger charge is -2.24. The lowest BCUT2D eigenvalue weighted by molar-refractivity contribution is 0.276. The molecule has 0 spiro atoms. The fourth-order valence-electron chi connectivity index (χ4n) is 1.76. The molecule has 0 atom stereocenters. The Hall–Kier alpha value is -2.16. The molecular formula is C16H19NO2. The summed E-state index contributed by atoms with van der Waals surface area (Å²) in [7, 11) is 0. The number of hydrogen-bond acceptors (Lipinski definition) is 3. The number of para-hydroxylation sites is 1. The molecule has 0 aliphatic carbocycles. The number of unbranched alkanes of at least 4 members (excludes halogenated alkanes) is 1. The van der Waals surface area contributed by atoms with Gasteiger partial charge in [-0.05, 0) is 42.8 Å². The van der Waals surface area contributed by atoms with Gasteiger partial charge in [0.25, 0.3) is 0 Å². The van der Waals surface area contributed by atoms with Crippen LogP contribution in [0.5, 0.6) is 11.5 Å². The van der Waals surface area contributed by atoms with Crippen LogP contribution in [0.3, 0.4) is 0 Å². The highest BCUT2D eigenvalue weighted by Gasteiger charge is 2.08. The zero-order valence-electron chi connectivity index (χ0n) is 11.1. The molecule has 100 valence electrons. The summed E-state index contributed by atoms with van der Waals surface area (Å²) in [5.74, 6) is 1.07. The zero-order valence-corrected chi connectivity index (χ0v) is 11.1. The fourth-order valence-corrected chi connectivity index (χ4v) is 1.76. The van der Waals surface area contributed by atoms with Gasteiger partial charge < -0.3 is 9.94 Å². The Morgan fingerprint density at radius 3 is 2.32 bits per heavy atom. The Morgan fingerprint density at radius 2 is 1.68 bits per heavy atom. The van der Waals surface area contributed by atoms with Gasteiger partial charge in [0.2, 0.25) is 0 Å². The smallest absolute Gasteiger partial charge is 0.155 e. The van der Waals surface area contributed by atoms with Gasteiger partial charge in [0.15, 0.2) is 5.75 Å². The standard InChI is InChI=1S/C16H19NO2/c1-2-3-13-17(14-9-11-15(18)12-10-14)19-16-7-5-4-6-8-16/h4-12,18H,2-3,13H2,1H3. The van der Waals surface area contributed by atoms with E-state index in [0.29, 0.717) is 0 Å². The van der Waals surface area contributed by atoms with E-state index < -0.39 is 0 Å². The van der Waals surface area contributed by atoms with Crippen LogP contribution in [0.2, 0.25) is 0 Å². The number of nitrogens with zero attached hydrogens (tertiary/aromatic N) is 1. The van der Waals surface area contributed by atoms with Crippen LogP contribution in [0.4, 0.5) is 5.69 Å². The number of hydroxylamine groups is 1. The number of hydrogen-bond donors (Lipinski definition) is 1. The minimum atomic E-state index is 0.263. The first-order chi connectivity index (χ1) is 9.29. The third-order valence-corrected chi connectivity index (χ3v) is 2.81. The summed E-state index contributed by atoms with van der Waals surface area (Å²) in [6.07, 6.45) is 2.15. The van der Waals surface area contributed by atoms with Crippen molar-refractivity contribution in [2.45, 2.75) is 19.8 Å². The van der Waals surface area contributed by atoms with E-state index in [1.54, 1.807) is 12.1 Å². The van der Waals surface area contributed by atoms with Crippen LogP contribution in [-0.4, -0.2) is 11.7 Å². The van der Waals surface area contributed by atoms with Crippen LogP contribution < -0.4 is 9.90 Å². The summed E-state index contributed by atoms with van der Waals surface area (Å²) >= 11 is 0. The van der Waals surface area contributed by atoms with E-state index in [1.807, 2.05) is 47.5 Å². The molecule has 0 aliphatic heterocycles. The summed E-state index contributed by atoms with van der Waals surface area (Å²) in [6.45, 7) is 2.97. The van der Waals surface area contributed by atoms with Crippen molar-refractivity contribution in [3.8, 4) is 11.5 Å². The van der Waals surface area contributed by atoms with Crippen LogP contribution in [0.25, 0.3) is 0 Å². The largest absolute Gasteiger partial charge is 0.508 e. The lowest BCUT2D eigenvalue weighted by atomic mass is 10.2. The van der Waals surface area contributed by atoms with Gasteiger partial charge in [-0.25, -0.2) is 5.06 Å². The zero-order chi connectivity index (χ0) is 13.5. The van der Waals surface area contributed by atoms with Gasteiger partial charge >= 0.3 is 0 Å². The molecule has 3 heteroatoms. The summed E-state index contributed by atoms with van der Waals surface area (Å²) in [6, 6.07) is 16.8. The summed E-state index contributed by atoms with van der Waals surface area (Å²) < 4.78 is 0. The first-order valence-electron chi connectivity index (χ1n) is 6.59. The topological polar surface area (TPSA) is 32.7 Å². The molecule has 1 N–H and O–H groups in total. The first kappa shape index (κ1) is 13.3. The van der Waals surface area contributed by atoms with Crippen molar-refractivity contribution in [2.24, 2.45) is 0 Å². The van der Waals surface area contributed by atoms with Gasteiger partial charge in [-0.2, -0.15) is 0 Å². The van der Waals surface area contributed by atoms with Gasteiger partial charge in [0.1, 0.15) is 5.75 Å². The van der Waals surface area contributed by atoms with Crippen LogP contribution >= 0.6 is 0 Å². The van der Waals surface area contributed by atoms with E-state index in [0.717, 1.165) is 30.8 Å². The second-order valence-electron chi connectivity index (χ2n) is 4.38. The highest BCUT2D eigenvalue weighted by atomic mass is 16.7. The summed E-state index contributed by atoms with van der Waals surface area (Å²) in [5, 5.41) is 11.2. The maximum atomic E-state index is 9.34. The van der Waals surface area contributed by atoms with Gasteiger partial charge in [-0.1, -0.05) is 31.5 Å². The quantitative estimate of drug-likeness (QED) is 0.794. The molecule has 0 bridgehead atoms. The van der Waals surface area contributed by atoms with Gasteiger partial charge in [-0.3, -0.25) is 0 Å². The Morgan fingerprint density at radius 1 is 1.00 bits per heavy atom. The minimum absolute atomic E-state index is 0.263. The maximum Gasteiger partial charge on any atom is 0.155 e. The highest BCUT2D eigenvalue weighted by molar-refractivity contribution is 5.47. The van der Waals surface area contributed by atoms with Gasteiger partial charge in [-0.15, -0.1) is 0 Å². The summed E-state index contributed by atoms with van der Waals surface area (Å²) in [5.41, 5.74) is 0.940. The van der Waals surface area contributed by atoms with Crippen molar-refractivity contribution in [2.75, 3.05) is 11.6 Å². The molecule has 0 fully saturated rings. The second kappa shape index (κ2) is 6.69. The van der Waals surface area contributed by atoms with Crippen molar-refractivity contribution < 1.29 is 9.94 Å². The number of aromatic hydroxyl groups is 1. The van der Waals surface area contributed by atoms with Crippen LogP contribution in [-0.2, 0) is 0 Å². The molecule has 0 saturated carbocycles. The predicted octanol–water partition coefficient (Wildman–Crippen LogP) is 3.99. The fraction of sp³-hybridized carbons (Fsp3) is 0.250. The number of benzene rings is 2. The Bertz CT molecular complexity index is 482. The number of rotatable bonds is 6. The van der Waals surface area contributed by atoms with Gasteiger partial charge in [0.05, 0.1) is 12.2 Å². The Balaban J connectivity index is 2.13. The number of phenolic OH excluding ortho intramolecular Hbond substituents is 1. The minimum Gasteiger partial charge on any atom is -0.508 e. The highest BCUT2D eigenvalue weighted by Crippen LogP contribution is 2.21. The molecule has 0 amide bonds. The Labute approximate surface area is 114 Å². The molecule has 0 aromatic heterocycles. The van der Waals surface area contributed by atoms with E-state index >= 15 is 0 Å². The second-order valence-corrected chi connectivity index (χ2v) is 4.38. The van der Waals surface area contributed by atoms with Crippen molar-refractivity contribution in [3.05, 3.63) is 54.6 Å². The first-order valence-corrected chi connectivity index (χ1v) is 6.59. The average molecular weight is 257 g/mol. The average Bonchev–Trinajstić information content (AvgIpc) is 2.45. The predicted molar refractivity (Wildman–Crippen MR) is 77.4 cm³/mol.